The van der Waals surface area contributed by atoms with Crippen molar-refractivity contribution >= 4 is 11.7 Å². The van der Waals surface area contributed by atoms with E-state index < -0.39 is 0 Å². The van der Waals surface area contributed by atoms with Crippen LogP contribution in [-0.4, -0.2) is 12.6 Å². The molecule has 0 unspecified atom stereocenters. The predicted octanol–water partition coefficient (Wildman–Crippen LogP) is 3.33. The van der Waals surface area contributed by atoms with Gasteiger partial charge in [0, 0.05) is 6.54 Å². The number of aryl methyl sites for hydroxylation is 1. The fourth-order valence-corrected chi connectivity index (χ4v) is 2.43. The van der Waals surface area contributed by atoms with E-state index in [4.69, 9.17) is 4.74 Å². The molecule has 3 rings (SSSR count). The van der Waals surface area contributed by atoms with Gasteiger partial charge in [0.05, 0.1) is 12.3 Å². The zero-order valence-electron chi connectivity index (χ0n) is 11.8. The molecule has 108 valence electrons. The SMILES string of the molecule is O=C(NCc1ccccc1)Nc1cccc2c1OCCC2. The minimum atomic E-state index is -0.221. The molecule has 2 aromatic rings. The van der Waals surface area contributed by atoms with Gasteiger partial charge in [0.1, 0.15) is 5.75 Å². The fourth-order valence-electron chi connectivity index (χ4n) is 2.43. The summed E-state index contributed by atoms with van der Waals surface area (Å²) in [5.41, 5.74) is 2.96. The van der Waals surface area contributed by atoms with Gasteiger partial charge in [-0.25, -0.2) is 4.79 Å². The highest BCUT2D eigenvalue weighted by Gasteiger charge is 2.15. The van der Waals surface area contributed by atoms with Crippen LogP contribution in [0.4, 0.5) is 10.5 Å². The molecule has 1 aliphatic heterocycles. The fraction of sp³-hybridized carbons (Fsp3) is 0.235. The van der Waals surface area contributed by atoms with E-state index >= 15 is 0 Å². The second kappa shape index (κ2) is 6.31. The number of ether oxygens (including phenoxy) is 1. The van der Waals surface area contributed by atoms with E-state index in [0.29, 0.717) is 13.2 Å². The largest absolute Gasteiger partial charge is 0.491 e. The molecule has 0 aromatic heterocycles. The zero-order chi connectivity index (χ0) is 14.5. The maximum atomic E-state index is 12.0. The lowest BCUT2D eigenvalue weighted by molar-refractivity contribution is 0.251. The Balaban J connectivity index is 1.63. The summed E-state index contributed by atoms with van der Waals surface area (Å²) in [6, 6.07) is 15.5. The van der Waals surface area contributed by atoms with E-state index in [9.17, 15) is 4.79 Å². The Hall–Kier alpha value is -2.49. The molecular weight excluding hydrogens is 264 g/mol. The normalized spacial score (nSPS) is 13.0. The van der Waals surface area contributed by atoms with Gasteiger partial charge in [-0.05, 0) is 30.0 Å². The Morgan fingerprint density at radius 1 is 1.10 bits per heavy atom. The van der Waals surface area contributed by atoms with Crippen molar-refractivity contribution in [2.75, 3.05) is 11.9 Å². The second-order valence-electron chi connectivity index (χ2n) is 5.04. The summed E-state index contributed by atoms with van der Waals surface area (Å²) >= 11 is 0. The topological polar surface area (TPSA) is 50.4 Å². The van der Waals surface area contributed by atoms with Crippen molar-refractivity contribution in [2.24, 2.45) is 0 Å². The molecule has 1 heterocycles. The lowest BCUT2D eigenvalue weighted by Crippen LogP contribution is -2.28. The van der Waals surface area contributed by atoms with Crippen molar-refractivity contribution in [1.82, 2.24) is 5.32 Å². The highest BCUT2D eigenvalue weighted by Crippen LogP contribution is 2.32. The van der Waals surface area contributed by atoms with Gasteiger partial charge in [-0.3, -0.25) is 0 Å². The van der Waals surface area contributed by atoms with Gasteiger partial charge in [-0.2, -0.15) is 0 Å². The van der Waals surface area contributed by atoms with Gasteiger partial charge < -0.3 is 15.4 Å². The number of para-hydroxylation sites is 1. The van der Waals surface area contributed by atoms with E-state index in [1.54, 1.807) is 0 Å². The number of carbonyl (C=O) groups is 1. The zero-order valence-corrected chi connectivity index (χ0v) is 11.8. The molecule has 0 saturated heterocycles. The van der Waals surface area contributed by atoms with E-state index in [1.807, 2.05) is 48.5 Å². The van der Waals surface area contributed by atoms with Gasteiger partial charge >= 0.3 is 6.03 Å². The van der Waals surface area contributed by atoms with Crippen molar-refractivity contribution in [3.63, 3.8) is 0 Å². The summed E-state index contributed by atoms with van der Waals surface area (Å²) in [6.07, 6.45) is 2.02. The number of rotatable bonds is 3. The molecule has 0 bridgehead atoms. The Kier molecular flexibility index (Phi) is 4.05. The smallest absolute Gasteiger partial charge is 0.319 e. The van der Waals surface area contributed by atoms with Crippen LogP contribution in [0.25, 0.3) is 0 Å². The Morgan fingerprint density at radius 2 is 1.95 bits per heavy atom. The lowest BCUT2D eigenvalue weighted by Gasteiger charge is -2.20. The third kappa shape index (κ3) is 3.34. The van der Waals surface area contributed by atoms with Gasteiger partial charge in [-0.1, -0.05) is 42.5 Å². The summed E-state index contributed by atoms with van der Waals surface area (Å²) in [5.74, 6) is 0.804. The van der Waals surface area contributed by atoms with Crippen molar-refractivity contribution in [3.8, 4) is 5.75 Å². The Bertz CT molecular complexity index is 626. The highest BCUT2D eigenvalue weighted by atomic mass is 16.5. The Labute approximate surface area is 124 Å². The first-order valence-electron chi connectivity index (χ1n) is 7.16. The van der Waals surface area contributed by atoms with Crippen LogP contribution in [0, 0.1) is 0 Å². The van der Waals surface area contributed by atoms with Gasteiger partial charge in [0.15, 0.2) is 0 Å². The maximum Gasteiger partial charge on any atom is 0.319 e. The molecule has 2 aromatic carbocycles. The standard InChI is InChI=1S/C17H18N2O2/c20-17(18-12-13-6-2-1-3-7-13)19-15-10-4-8-14-9-5-11-21-16(14)15/h1-4,6-8,10H,5,9,11-12H2,(H2,18,19,20). The van der Waals surface area contributed by atoms with Crippen molar-refractivity contribution < 1.29 is 9.53 Å². The quantitative estimate of drug-likeness (QED) is 0.907. The van der Waals surface area contributed by atoms with Gasteiger partial charge in [0.25, 0.3) is 0 Å². The van der Waals surface area contributed by atoms with Crippen molar-refractivity contribution in [3.05, 3.63) is 59.7 Å². The van der Waals surface area contributed by atoms with Crippen LogP contribution in [0.1, 0.15) is 17.5 Å². The molecule has 21 heavy (non-hydrogen) atoms. The van der Waals surface area contributed by atoms with Crippen molar-refractivity contribution in [2.45, 2.75) is 19.4 Å². The number of hydrogen-bond donors (Lipinski definition) is 2. The van der Waals surface area contributed by atoms with Crippen LogP contribution in [-0.2, 0) is 13.0 Å². The van der Waals surface area contributed by atoms with Crippen LogP contribution >= 0.6 is 0 Å². The number of carbonyl (C=O) groups excluding carboxylic acids is 1. The second-order valence-corrected chi connectivity index (χ2v) is 5.04. The molecule has 0 atom stereocenters. The number of benzene rings is 2. The molecule has 0 fully saturated rings. The molecule has 0 radical (unpaired) electrons. The average molecular weight is 282 g/mol. The molecule has 1 aliphatic rings. The molecule has 2 N–H and O–H groups in total. The third-order valence-electron chi connectivity index (χ3n) is 3.48. The first kappa shape index (κ1) is 13.5. The summed E-state index contributed by atoms with van der Waals surface area (Å²) in [7, 11) is 0. The summed E-state index contributed by atoms with van der Waals surface area (Å²) in [5, 5.41) is 5.71. The number of fused-ring (bicyclic) bond motifs is 1. The number of hydrogen-bond acceptors (Lipinski definition) is 2. The summed E-state index contributed by atoms with van der Waals surface area (Å²) < 4.78 is 5.68. The molecule has 4 nitrogen and oxygen atoms in total. The molecular formula is C17H18N2O2. The number of nitrogens with one attached hydrogen (secondary N) is 2. The summed E-state index contributed by atoms with van der Waals surface area (Å²) in [6.45, 7) is 1.21. The van der Waals surface area contributed by atoms with Crippen LogP contribution in [0.2, 0.25) is 0 Å². The van der Waals surface area contributed by atoms with Gasteiger partial charge in [-0.15, -0.1) is 0 Å². The minimum Gasteiger partial charge on any atom is -0.491 e. The maximum absolute atomic E-state index is 12.0. The lowest BCUT2D eigenvalue weighted by atomic mass is 10.1. The number of amides is 2. The van der Waals surface area contributed by atoms with Gasteiger partial charge in [0.2, 0.25) is 0 Å². The minimum absolute atomic E-state index is 0.221. The Morgan fingerprint density at radius 3 is 2.81 bits per heavy atom. The van der Waals surface area contributed by atoms with Crippen LogP contribution < -0.4 is 15.4 Å². The highest BCUT2D eigenvalue weighted by molar-refractivity contribution is 5.91. The number of anilines is 1. The molecule has 0 saturated carbocycles. The van der Waals surface area contributed by atoms with E-state index in [-0.39, 0.29) is 6.03 Å². The van der Waals surface area contributed by atoms with Crippen LogP contribution in [0.5, 0.6) is 5.75 Å². The van der Waals surface area contributed by atoms with E-state index in [2.05, 4.69) is 10.6 Å². The van der Waals surface area contributed by atoms with Crippen LogP contribution in [0.3, 0.4) is 0 Å². The molecule has 4 heteroatoms. The third-order valence-corrected chi connectivity index (χ3v) is 3.48. The first-order valence-corrected chi connectivity index (χ1v) is 7.16. The average Bonchev–Trinajstić information content (AvgIpc) is 2.54. The van der Waals surface area contributed by atoms with E-state index in [1.165, 1.54) is 0 Å². The van der Waals surface area contributed by atoms with Crippen LogP contribution in [0.15, 0.2) is 48.5 Å². The van der Waals surface area contributed by atoms with Crippen molar-refractivity contribution in [1.29, 1.82) is 0 Å². The molecule has 0 aliphatic carbocycles. The molecule has 2 amide bonds. The predicted molar refractivity (Wildman–Crippen MR) is 82.6 cm³/mol. The van der Waals surface area contributed by atoms with E-state index in [0.717, 1.165) is 35.4 Å². The summed E-state index contributed by atoms with van der Waals surface area (Å²) in [4.78, 5) is 12.0. The monoisotopic (exact) mass is 282 g/mol. The first-order chi connectivity index (χ1) is 10.3. The number of urea groups is 1. The molecule has 0 spiro atoms.